The number of phenolic OH excluding ortho intramolecular Hbond substituents is 1. The van der Waals surface area contributed by atoms with Crippen LogP contribution in [-0.2, 0) is 18.7 Å². The zero-order chi connectivity index (χ0) is 28.1. The second-order valence-electron chi connectivity index (χ2n) is 7.21. The molecule has 0 bridgehead atoms. The van der Waals surface area contributed by atoms with Crippen molar-refractivity contribution in [3.63, 3.8) is 0 Å². The molecule has 3 aromatic carbocycles. The molecule has 0 aliphatic heterocycles. The van der Waals surface area contributed by atoms with E-state index < -0.39 is 28.1 Å². The van der Waals surface area contributed by atoms with E-state index in [9.17, 15) is 25.1 Å². The molecule has 1 amide bonds. The Morgan fingerprint density at radius 3 is 2.46 bits per heavy atom. The third-order valence-electron chi connectivity index (χ3n) is 4.93. The number of nitrogens with zero attached hydrogens (tertiary/aromatic N) is 5. The molecule has 6 N–H and O–H groups in total. The number of nitro groups is 1. The van der Waals surface area contributed by atoms with Crippen molar-refractivity contribution in [1.29, 1.82) is 0 Å². The Morgan fingerprint density at radius 1 is 1.03 bits per heavy atom. The number of rotatable bonds is 11. The number of phenols is 1. The van der Waals surface area contributed by atoms with Crippen molar-refractivity contribution in [1.82, 2.24) is 9.78 Å². The lowest BCUT2D eigenvalue weighted by atomic mass is 10.1. The second-order valence-corrected chi connectivity index (χ2v) is 8.72. The lowest BCUT2D eigenvalue weighted by Crippen LogP contribution is -2.12. The van der Waals surface area contributed by atoms with Crippen LogP contribution in [0.5, 0.6) is 11.6 Å². The normalized spacial score (nSPS) is 11.4. The fraction of sp³-hybridized carbons (Fsp3) is 0. The maximum Gasteiger partial charge on any atom is 0.271 e. The Labute approximate surface area is 224 Å². The van der Waals surface area contributed by atoms with Crippen molar-refractivity contribution in [3.8, 4) is 17.3 Å². The summed E-state index contributed by atoms with van der Waals surface area (Å²) in [7, 11) is 0. The molecule has 0 aliphatic carbocycles. The summed E-state index contributed by atoms with van der Waals surface area (Å²) in [5.74, 6) is -1.80. The molecule has 4 rings (SSSR count). The molecule has 0 saturated carbocycles. The standard InChI is InChI=1S/C20H14N6O11S2/c21-19(28)17-18(23-22-14-4-2-11(26(30)31)7-16(14)39-37-35-33)20(29)25(24-17)10-1-3-13-9(5-10)6-12(8-15(13)27)38-36-34-32/h1-8,27,29,32-33H,(H2,21,28)/b23-22+. The number of hydrogen-bond acceptors (Lipinski definition) is 16. The van der Waals surface area contributed by atoms with Gasteiger partial charge in [-0.15, -0.1) is 18.9 Å². The number of nitrogens with two attached hydrogens (primary N) is 1. The number of amides is 1. The molecule has 0 fully saturated rings. The number of primary amides is 1. The third-order valence-corrected chi connectivity index (χ3v) is 6.12. The van der Waals surface area contributed by atoms with Gasteiger partial charge in [0.05, 0.1) is 39.6 Å². The lowest BCUT2D eigenvalue weighted by Gasteiger charge is -2.08. The van der Waals surface area contributed by atoms with Gasteiger partial charge >= 0.3 is 0 Å². The summed E-state index contributed by atoms with van der Waals surface area (Å²) in [5, 5.41) is 68.7. The summed E-state index contributed by atoms with van der Waals surface area (Å²) in [6.45, 7) is 0. The molecule has 0 spiro atoms. The summed E-state index contributed by atoms with van der Waals surface area (Å²) in [5.41, 5.74) is 4.42. The van der Waals surface area contributed by atoms with E-state index in [2.05, 4.69) is 34.1 Å². The molecule has 0 radical (unpaired) electrons. The van der Waals surface area contributed by atoms with E-state index in [0.29, 0.717) is 39.8 Å². The molecule has 17 nitrogen and oxygen atoms in total. The van der Waals surface area contributed by atoms with Crippen LogP contribution in [0.25, 0.3) is 16.5 Å². The van der Waals surface area contributed by atoms with E-state index >= 15 is 0 Å². The maximum absolute atomic E-state index is 12.1. The van der Waals surface area contributed by atoms with Crippen LogP contribution in [0.4, 0.5) is 17.1 Å². The van der Waals surface area contributed by atoms with Crippen molar-refractivity contribution in [2.24, 2.45) is 16.0 Å². The van der Waals surface area contributed by atoms with Gasteiger partial charge in [0, 0.05) is 22.4 Å². The predicted molar refractivity (Wildman–Crippen MR) is 132 cm³/mol. The van der Waals surface area contributed by atoms with Crippen LogP contribution in [0.15, 0.2) is 68.6 Å². The number of aromatic hydroxyl groups is 2. The summed E-state index contributed by atoms with van der Waals surface area (Å²) in [4.78, 5) is 22.8. The first-order valence-corrected chi connectivity index (χ1v) is 11.6. The molecule has 0 aliphatic rings. The fourth-order valence-corrected chi connectivity index (χ4v) is 4.22. The Morgan fingerprint density at radius 2 is 1.77 bits per heavy atom. The van der Waals surface area contributed by atoms with E-state index in [1.807, 2.05) is 0 Å². The van der Waals surface area contributed by atoms with Crippen LogP contribution in [0, 0.1) is 10.1 Å². The maximum atomic E-state index is 12.1. The van der Waals surface area contributed by atoms with E-state index in [1.165, 1.54) is 30.3 Å². The number of carbonyl (C=O) groups excluding carboxylic acids is 1. The lowest BCUT2D eigenvalue weighted by molar-refractivity contribution is -0.432. The molecule has 202 valence electrons. The molecule has 0 atom stereocenters. The minimum absolute atomic E-state index is 0.00639. The van der Waals surface area contributed by atoms with E-state index in [4.69, 9.17) is 16.2 Å². The predicted octanol–water partition coefficient (Wildman–Crippen LogP) is 4.72. The van der Waals surface area contributed by atoms with Crippen LogP contribution >= 0.6 is 24.1 Å². The number of benzene rings is 3. The molecular formula is C20H14N6O11S2. The van der Waals surface area contributed by atoms with E-state index in [1.54, 1.807) is 6.07 Å². The number of hydrogen-bond donors (Lipinski definition) is 5. The van der Waals surface area contributed by atoms with Crippen molar-refractivity contribution < 1.29 is 49.2 Å². The van der Waals surface area contributed by atoms with Crippen LogP contribution < -0.4 is 5.73 Å². The van der Waals surface area contributed by atoms with Crippen LogP contribution in [0.1, 0.15) is 10.5 Å². The molecule has 1 aromatic heterocycles. The first kappa shape index (κ1) is 27.7. The molecule has 39 heavy (non-hydrogen) atoms. The smallest absolute Gasteiger partial charge is 0.271 e. The van der Waals surface area contributed by atoms with Gasteiger partial charge in [-0.05, 0) is 41.8 Å². The number of nitro benzene ring substituents is 1. The van der Waals surface area contributed by atoms with Gasteiger partial charge in [-0.1, -0.05) is 10.1 Å². The van der Waals surface area contributed by atoms with Gasteiger partial charge in [-0.3, -0.25) is 14.9 Å². The highest BCUT2D eigenvalue weighted by molar-refractivity contribution is 7.94. The first-order chi connectivity index (χ1) is 18.7. The van der Waals surface area contributed by atoms with Crippen molar-refractivity contribution in [2.45, 2.75) is 9.79 Å². The van der Waals surface area contributed by atoms with Crippen LogP contribution in [0.2, 0.25) is 0 Å². The molecule has 4 aromatic rings. The van der Waals surface area contributed by atoms with Gasteiger partial charge in [-0.25, -0.2) is 10.5 Å². The summed E-state index contributed by atoms with van der Waals surface area (Å²) < 4.78 is 9.66. The fourth-order valence-electron chi connectivity index (χ4n) is 3.31. The highest BCUT2D eigenvalue weighted by atomic mass is 32.2. The Bertz CT molecular complexity index is 1600. The number of carbonyl (C=O) groups is 1. The van der Waals surface area contributed by atoms with Crippen LogP contribution in [-0.4, -0.2) is 41.3 Å². The van der Waals surface area contributed by atoms with Crippen molar-refractivity contribution >= 4 is 57.8 Å². The first-order valence-electron chi connectivity index (χ1n) is 10.1. The minimum Gasteiger partial charge on any atom is -0.507 e. The summed E-state index contributed by atoms with van der Waals surface area (Å²) in [6.07, 6.45) is 0. The molecule has 19 heteroatoms. The average Bonchev–Trinajstić information content (AvgIpc) is 3.25. The zero-order valence-electron chi connectivity index (χ0n) is 18.9. The summed E-state index contributed by atoms with van der Waals surface area (Å²) >= 11 is 0.996. The largest absolute Gasteiger partial charge is 0.507 e. The molecule has 1 heterocycles. The Kier molecular flexibility index (Phi) is 8.53. The quantitative estimate of drug-likeness (QED) is 0.0531. The third kappa shape index (κ3) is 6.05. The number of fused-ring (bicyclic) bond motifs is 1. The SMILES string of the molecule is NC(=O)c1nn(-c2ccc3c(O)cc(SOOO)cc3c2)c(O)c1/N=N/c1ccc([N+](=O)[O-])cc1SOOO. The monoisotopic (exact) mass is 578 g/mol. The average molecular weight is 578 g/mol. The molecule has 0 unspecified atom stereocenters. The van der Waals surface area contributed by atoms with Gasteiger partial charge in [0.2, 0.25) is 5.88 Å². The molecule has 0 saturated heterocycles. The zero-order valence-corrected chi connectivity index (χ0v) is 20.5. The van der Waals surface area contributed by atoms with Gasteiger partial charge in [0.25, 0.3) is 11.6 Å². The number of azo groups is 1. The van der Waals surface area contributed by atoms with Gasteiger partial charge in [-0.2, -0.15) is 9.78 Å². The van der Waals surface area contributed by atoms with E-state index in [0.717, 1.165) is 16.8 Å². The number of non-ortho nitro benzene ring substituents is 1. The number of aromatic nitrogens is 2. The van der Waals surface area contributed by atoms with Gasteiger partial charge in [0.1, 0.15) is 11.4 Å². The van der Waals surface area contributed by atoms with Gasteiger partial charge in [0.15, 0.2) is 11.4 Å². The minimum atomic E-state index is -1.05. The molecular weight excluding hydrogens is 564 g/mol. The highest BCUT2D eigenvalue weighted by Gasteiger charge is 2.23. The van der Waals surface area contributed by atoms with E-state index in [-0.39, 0.29) is 27.7 Å². The van der Waals surface area contributed by atoms with Gasteiger partial charge < -0.3 is 15.9 Å². The second kappa shape index (κ2) is 12.0. The van der Waals surface area contributed by atoms with Crippen molar-refractivity contribution in [3.05, 3.63) is 64.3 Å². The highest BCUT2D eigenvalue weighted by Crippen LogP contribution is 2.39. The Balaban J connectivity index is 1.76. The van der Waals surface area contributed by atoms with Crippen LogP contribution in [0.3, 0.4) is 0 Å². The topological polar surface area (TPSA) is 247 Å². The summed E-state index contributed by atoms with van der Waals surface area (Å²) in [6, 6.07) is 10.8. The van der Waals surface area contributed by atoms with Crippen molar-refractivity contribution in [2.75, 3.05) is 0 Å². The Hall–Kier alpha value is -4.34.